The van der Waals surface area contributed by atoms with Crippen molar-refractivity contribution in [3.05, 3.63) is 42.6 Å². The number of aromatic nitrogens is 1. The van der Waals surface area contributed by atoms with E-state index in [2.05, 4.69) is 62.5 Å². The summed E-state index contributed by atoms with van der Waals surface area (Å²) in [6, 6.07) is 7.00. The van der Waals surface area contributed by atoms with Crippen LogP contribution in [0.2, 0.25) is 0 Å². The lowest BCUT2D eigenvalue weighted by atomic mass is 9.50. The lowest BCUT2D eigenvalue weighted by molar-refractivity contribution is -0.657. The minimum atomic E-state index is -0.0452. The van der Waals surface area contributed by atoms with E-state index in [1.807, 2.05) is 0 Å². The summed E-state index contributed by atoms with van der Waals surface area (Å²) >= 11 is 7.05. The van der Waals surface area contributed by atoms with Crippen molar-refractivity contribution in [2.45, 2.75) is 56.0 Å². The number of nitrogens with one attached hydrogen (secondary N) is 1. The molecule has 1 aromatic carbocycles. The first-order valence-corrected chi connectivity index (χ1v) is 9.83. The van der Waals surface area contributed by atoms with E-state index in [0.29, 0.717) is 17.9 Å². The number of ether oxygens (including phenoxy) is 1. The van der Waals surface area contributed by atoms with Crippen LogP contribution < -0.4 is 5.32 Å². The highest BCUT2D eigenvalue weighted by molar-refractivity contribution is 6.21. The van der Waals surface area contributed by atoms with Gasteiger partial charge in [-0.1, -0.05) is 26.0 Å². The molecule has 3 N–H and O–H groups in total. The lowest BCUT2D eigenvalue weighted by Gasteiger charge is -2.56. The highest BCUT2D eigenvalue weighted by Gasteiger charge is 2.63. The summed E-state index contributed by atoms with van der Waals surface area (Å²) in [6.07, 6.45) is 3.54. The Labute approximate surface area is 154 Å². The molecule has 0 bridgehead atoms. The smallest absolute Gasteiger partial charge is 0.0933 e. The normalized spacial score (nSPS) is 41.6. The summed E-state index contributed by atoms with van der Waals surface area (Å²) in [6.45, 7) is 7.96. The topological polar surface area (TPSA) is 44.9 Å². The van der Waals surface area contributed by atoms with Gasteiger partial charge in [-0.15, -0.1) is 11.6 Å². The average molecular weight is 359 g/mol. The Balaban J connectivity index is 1.76. The fourth-order valence-electron chi connectivity index (χ4n) is 6.06. The van der Waals surface area contributed by atoms with Crippen molar-refractivity contribution in [1.29, 1.82) is 0 Å². The van der Waals surface area contributed by atoms with Gasteiger partial charge in [-0.2, -0.15) is 7.05 Å². The zero-order valence-electron chi connectivity index (χ0n) is 15.2. The summed E-state index contributed by atoms with van der Waals surface area (Å²) in [4.78, 5) is 3.52. The van der Waals surface area contributed by atoms with Gasteiger partial charge in [0.05, 0.1) is 24.2 Å². The van der Waals surface area contributed by atoms with E-state index in [-0.39, 0.29) is 22.3 Å². The Morgan fingerprint density at radius 3 is 2.76 bits per heavy atom. The molecule has 4 heteroatoms. The largest absolute Gasteiger partial charge is 0.475 e. The van der Waals surface area contributed by atoms with Crippen molar-refractivity contribution in [2.75, 3.05) is 6.61 Å². The number of rotatable bonds is 2. The molecule has 2 aliphatic carbocycles. The fourth-order valence-corrected chi connectivity index (χ4v) is 6.54. The number of benzene rings is 1. The highest BCUT2D eigenvalue weighted by Crippen LogP contribution is 2.61. The van der Waals surface area contributed by atoms with Gasteiger partial charge in [0.15, 0.2) is 0 Å². The van der Waals surface area contributed by atoms with Crippen molar-refractivity contribution in [2.24, 2.45) is 11.3 Å². The molecule has 0 spiro atoms. The van der Waals surface area contributed by atoms with Crippen molar-refractivity contribution in [3.8, 4) is 0 Å². The second-order valence-electron chi connectivity index (χ2n) is 8.98. The second-order valence-corrected chi connectivity index (χ2v) is 9.51. The van der Waals surface area contributed by atoms with Gasteiger partial charge < -0.3 is 15.0 Å². The van der Waals surface area contributed by atoms with E-state index in [0.717, 1.165) is 13.0 Å². The van der Waals surface area contributed by atoms with Crippen LogP contribution >= 0.6 is 11.6 Å². The molecule has 2 fully saturated rings. The molecule has 3 nitrogen and oxygen atoms in total. The number of epoxide rings is 1. The number of quaternary nitrogens is 1. The van der Waals surface area contributed by atoms with Crippen LogP contribution in [-0.4, -0.2) is 29.1 Å². The molecule has 1 aliphatic heterocycles. The minimum absolute atomic E-state index is 0.0452. The van der Waals surface area contributed by atoms with E-state index < -0.39 is 0 Å². The third-order valence-corrected chi connectivity index (χ3v) is 8.32. The molecule has 6 unspecified atom stereocenters. The van der Waals surface area contributed by atoms with Gasteiger partial charge in [0, 0.05) is 28.4 Å². The monoisotopic (exact) mass is 358 g/mol. The molecule has 2 heterocycles. The van der Waals surface area contributed by atoms with Crippen LogP contribution in [0.1, 0.15) is 44.2 Å². The zero-order valence-corrected chi connectivity index (χ0v) is 15.9. The van der Waals surface area contributed by atoms with Crippen molar-refractivity contribution in [3.63, 3.8) is 0 Å². The molecule has 2 aromatic rings. The molecule has 1 aromatic heterocycles. The molecule has 0 amide bonds. The van der Waals surface area contributed by atoms with Gasteiger partial charge in [0.2, 0.25) is 0 Å². The van der Waals surface area contributed by atoms with Gasteiger partial charge in [-0.3, -0.25) is 0 Å². The summed E-state index contributed by atoms with van der Waals surface area (Å²) in [5, 5.41) is 3.70. The molecular weight excluding hydrogens is 332 g/mol. The fraction of sp³-hybridized carbons (Fsp3) is 0.571. The van der Waals surface area contributed by atoms with E-state index >= 15 is 0 Å². The maximum atomic E-state index is 7.05. The highest BCUT2D eigenvalue weighted by atomic mass is 35.5. The maximum absolute atomic E-state index is 7.05. The number of alkyl halides is 1. The number of aromatic amines is 1. The SMILES string of the molecule is [CH2-][NH2+]C1C2c3c[nH]c4cccc(c34)C(C)(C)C2CC(Cl)C1(C)C1CO1. The second kappa shape index (κ2) is 5.03. The van der Waals surface area contributed by atoms with Gasteiger partial charge in [0.1, 0.15) is 0 Å². The van der Waals surface area contributed by atoms with Crippen molar-refractivity contribution >= 4 is 22.5 Å². The standard InChI is InChI=1S/C21H27ClN2O/c1-20(2)12-6-5-7-14-17(12)11(9-24-14)18-13(20)8-15(22)21(3,16-10-25-16)19(18)23-4/h5-7,9,13,15-16,18-19,24H,4,8,10,23H2,1-3H3. The number of hydrogen-bond acceptors (Lipinski definition) is 1. The number of hydrogen-bond donors (Lipinski definition) is 2. The molecule has 6 atom stereocenters. The van der Waals surface area contributed by atoms with E-state index in [1.165, 1.54) is 22.0 Å². The van der Waals surface area contributed by atoms with E-state index in [4.69, 9.17) is 16.3 Å². The summed E-state index contributed by atoms with van der Waals surface area (Å²) in [5.41, 5.74) is 4.21. The maximum Gasteiger partial charge on any atom is 0.0933 e. The van der Waals surface area contributed by atoms with Crippen LogP contribution in [-0.2, 0) is 10.2 Å². The minimum Gasteiger partial charge on any atom is -0.475 e. The Kier molecular flexibility index (Phi) is 3.25. The molecular formula is C21H27ClN2O. The number of H-pyrrole nitrogens is 1. The molecule has 1 saturated heterocycles. The van der Waals surface area contributed by atoms with E-state index in [1.54, 1.807) is 0 Å². The molecule has 5 rings (SSSR count). The summed E-state index contributed by atoms with van der Waals surface area (Å²) < 4.78 is 5.77. The number of fused-ring (bicyclic) bond motifs is 2. The molecule has 0 radical (unpaired) electrons. The van der Waals surface area contributed by atoms with Gasteiger partial charge in [0.25, 0.3) is 0 Å². The van der Waals surface area contributed by atoms with Crippen LogP contribution in [0, 0.1) is 18.4 Å². The summed E-state index contributed by atoms with van der Waals surface area (Å²) in [5.74, 6) is 0.957. The van der Waals surface area contributed by atoms with Crippen LogP contribution in [0.15, 0.2) is 24.4 Å². The van der Waals surface area contributed by atoms with E-state index in [9.17, 15) is 0 Å². The average Bonchev–Trinajstić information content (AvgIpc) is 3.36. The quantitative estimate of drug-likeness (QED) is 0.483. The van der Waals surface area contributed by atoms with Crippen molar-refractivity contribution in [1.82, 2.24) is 4.98 Å². The predicted molar refractivity (Wildman–Crippen MR) is 101 cm³/mol. The van der Waals surface area contributed by atoms with Crippen LogP contribution in [0.3, 0.4) is 0 Å². The van der Waals surface area contributed by atoms with Gasteiger partial charge in [-0.05, 0) is 41.9 Å². The van der Waals surface area contributed by atoms with Gasteiger partial charge >= 0.3 is 0 Å². The molecule has 1 saturated carbocycles. The molecule has 134 valence electrons. The first kappa shape index (κ1) is 16.2. The third kappa shape index (κ3) is 1.90. The Bertz CT molecular complexity index is 840. The van der Waals surface area contributed by atoms with Crippen LogP contribution in [0.4, 0.5) is 0 Å². The van der Waals surface area contributed by atoms with Crippen LogP contribution in [0.5, 0.6) is 0 Å². The third-order valence-electron chi connectivity index (χ3n) is 7.67. The Morgan fingerprint density at radius 2 is 2.08 bits per heavy atom. The molecule has 3 aliphatic rings. The van der Waals surface area contributed by atoms with Gasteiger partial charge in [-0.25, -0.2) is 0 Å². The molecule has 25 heavy (non-hydrogen) atoms. The zero-order chi connectivity index (χ0) is 17.6. The summed E-state index contributed by atoms with van der Waals surface area (Å²) in [7, 11) is 4.24. The first-order chi connectivity index (χ1) is 11.9. The Hall–Kier alpha value is -1.03. The number of halogens is 1. The lowest BCUT2D eigenvalue weighted by Crippen LogP contribution is -2.91. The Morgan fingerprint density at radius 1 is 1.32 bits per heavy atom. The van der Waals surface area contributed by atoms with Crippen LogP contribution in [0.25, 0.3) is 10.9 Å². The first-order valence-electron chi connectivity index (χ1n) is 9.39. The predicted octanol–water partition coefficient (Wildman–Crippen LogP) is 3.30. The number of nitrogens with two attached hydrogens (primary N) is 1. The van der Waals surface area contributed by atoms with Crippen molar-refractivity contribution < 1.29 is 10.1 Å².